The van der Waals surface area contributed by atoms with Crippen molar-refractivity contribution in [2.45, 2.75) is 36.8 Å². The van der Waals surface area contributed by atoms with Gasteiger partial charge in [-0.1, -0.05) is 20.8 Å². The topological polar surface area (TPSA) is 31.2 Å². The fourth-order valence-corrected chi connectivity index (χ4v) is 3.52. The summed E-state index contributed by atoms with van der Waals surface area (Å²) in [6, 6.07) is 6.06. The molecule has 0 saturated heterocycles. The zero-order valence-corrected chi connectivity index (χ0v) is 13.5. The minimum Gasteiger partial charge on any atom is -0.497 e. The maximum absolute atomic E-state index is 11.0. The van der Waals surface area contributed by atoms with Crippen LogP contribution in [0.1, 0.15) is 26.5 Å². The zero-order valence-electron chi connectivity index (χ0n) is 12.7. The van der Waals surface area contributed by atoms with E-state index in [1.54, 1.807) is 18.9 Å². The van der Waals surface area contributed by atoms with Crippen LogP contribution in [-0.4, -0.2) is 22.7 Å². The maximum atomic E-state index is 11.0. The molecular formula is C16H21NO2S. The number of thioether (sulfide) groups is 1. The van der Waals surface area contributed by atoms with Crippen LogP contribution in [0.5, 0.6) is 5.75 Å². The molecule has 108 valence electrons. The number of rotatable bonds is 4. The first-order valence-electron chi connectivity index (χ1n) is 6.65. The molecule has 2 aromatic rings. The fraction of sp³-hybridized carbons (Fsp3) is 0.438. The number of ether oxygens (including phenoxy) is 1. The summed E-state index contributed by atoms with van der Waals surface area (Å²) in [6.45, 7) is 6.55. The van der Waals surface area contributed by atoms with Crippen LogP contribution in [0.3, 0.4) is 0 Å². The number of benzene rings is 1. The van der Waals surface area contributed by atoms with Gasteiger partial charge >= 0.3 is 0 Å². The van der Waals surface area contributed by atoms with Crippen molar-refractivity contribution in [3.63, 3.8) is 0 Å². The van der Waals surface area contributed by atoms with E-state index in [1.165, 1.54) is 4.90 Å². The minimum atomic E-state index is 0.0923. The van der Waals surface area contributed by atoms with E-state index < -0.39 is 0 Å². The molecule has 2 rings (SSSR count). The smallest absolute Gasteiger partial charge is 0.125 e. The first-order valence-corrected chi connectivity index (χ1v) is 7.47. The molecule has 0 radical (unpaired) electrons. The number of hydrogen-bond acceptors (Lipinski definition) is 3. The number of carbonyl (C=O) groups excluding carboxylic acids is 1. The Morgan fingerprint density at radius 1 is 1.35 bits per heavy atom. The van der Waals surface area contributed by atoms with Gasteiger partial charge in [-0.25, -0.2) is 0 Å². The van der Waals surface area contributed by atoms with Gasteiger partial charge in [0, 0.05) is 39.7 Å². The standard InChI is InChI=1S/C16H21NO2S/c1-16(2,3)20-15-12-10-11(19-5)6-7-13(12)17(4)14(15)8-9-18/h6-7,9-10H,8H2,1-5H3. The Bertz CT molecular complexity index is 638. The van der Waals surface area contributed by atoms with Gasteiger partial charge in [-0.05, 0) is 18.2 Å². The maximum Gasteiger partial charge on any atom is 0.125 e. The summed E-state index contributed by atoms with van der Waals surface area (Å²) in [7, 11) is 3.69. The third-order valence-electron chi connectivity index (χ3n) is 3.16. The molecule has 0 fully saturated rings. The molecule has 1 aromatic heterocycles. The highest BCUT2D eigenvalue weighted by Crippen LogP contribution is 2.41. The molecule has 0 saturated carbocycles. The van der Waals surface area contributed by atoms with Crippen LogP contribution < -0.4 is 4.74 Å². The summed E-state index contributed by atoms with van der Waals surface area (Å²) in [4.78, 5) is 12.2. The Balaban J connectivity index is 2.70. The SMILES string of the molecule is COc1ccc2c(c1)c(SC(C)(C)C)c(CC=O)n2C. The highest BCUT2D eigenvalue weighted by atomic mass is 32.2. The van der Waals surface area contributed by atoms with Crippen molar-refractivity contribution in [1.29, 1.82) is 0 Å². The van der Waals surface area contributed by atoms with E-state index in [-0.39, 0.29) is 4.75 Å². The Morgan fingerprint density at radius 2 is 2.05 bits per heavy atom. The lowest BCUT2D eigenvalue weighted by Crippen LogP contribution is -2.08. The molecule has 0 atom stereocenters. The van der Waals surface area contributed by atoms with Crippen molar-refractivity contribution in [3.05, 3.63) is 23.9 Å². The van der Waals surface area contributed by atoms with Gasteiger partial charge < -0.3 is 14.1 Å². The molecule has 0 aliphatic carbocycles. The fourth-order valence-electron chi connectivity index (χ4n) is 2.30. The normalized spacial score (nSPS) is 11.8. The molecule has 1 heterocycles. The van der Waals surface area contributed by atoms with E-state index in [0.717, 1.165) is 28.6 Å². The molecule has 1 aromatic carbocycles. The third-order valence-corrected chi connectivity index (χ3v) is 4.43. The Kier molecular flexibility index (Phi) is 4.14. The number of methoxy groups -OCH3 is 1. The number of fused-ring (bicyclic) bond motifs is 1. The van der Waals surface area contributed by atoms with Crippen LogP contribution in [0.4, 0.5) is 0 Å². The van der Waals surface area contributed by atoms with Gasteiger partial charge in [-0.3, -0.25) is 0 Å². The molecule has 0 aliphatic heterocycles. The van der Waals surface area contributed by atoms with E-state index in [1.807, 2.05) is 13.1 Å². The van der Waals surface area contributed by atoms with Crippen LogP contribution >= 0.6 is 11.8 Å². The van der Waals surface area contributed by atoms with Crippen molar-refractivity contribution in [1.82, 2.24) is 4.57 Å². The average Bonchev–Trinajstić information content (AvgIpc) is 2.62. The number of hydrogen-bond donors (Lipinski definition) is 0. The summed E-state index contributed by atoms with van der Waals surface area (Å²) >= 11 is 1.80. The second-order valence-corrected chi connectivity index (χ2v) is 7.64. The summed E-state index contributed by atoms with van der Waals surface area (Å²) in [6.07, 6.45) is 1.41. The van der Waals surface area contributed by atoms with Gasteiger partial charge in [0.25, 0.3) is 0 Å². The van der Waals surface area contributed by atoms with Gasteiger partial charge in [0.15, 0.2) is 0 Å². The molecule has 0 spiro atoms. The molecular weight excluding hydrogens is 270 g/mol. The molecule has 0 unspecified atom stereocenters. The van der Waals surface area contributed by atoms with E-state index >= 15 is 0 Å². The Morgan fingerprint density at radius 3 is 2.60 bits per heavy atom. The third kappa shape index (κ3) is 2.85. The number of nitrogens with zero attached hydrogens (tertiary/aromatic N) is 1. The zero-order chi connectivity index (χ0) is 14.9. The number of aromatic nitrogens is 1. The van der Waals surface area contributed by atoms with E-state index in [2.05, 4.69) is 37.5 Å². The molecule has 4 heteroatoms. The van der Waals surface area contributed by atoms with Crippen LogP contribution in [0.25, 0.3) is 10.9 Å². The second-order valence-electron chi connectivity index (χ2n) is 5.80. The lowest BCUT2D eigenvalue weighted by Gasteiger charge is -2.18. The molecule has 0 bridgehead atoms. The Labute approximate surface area is 124 Å². The highest BCUT2D eigenvalue weighted by molar-refractivity contribution is 8.00. The summed E-state index contributed by atoms with van der Waals surface area (Å²) in [5, 5.41) is 1.16. The summed E-state index contributed by atoms with van der Waals surface area (Å²) in [5.41, 5.74) is 2.21. The summed E-state index contributed by atoms with van der Waals surface area (Å²) < 4.78 is 7.53. The number of carbonyl (C=O) groups is 1. The molecule has 0 amide bonds. The van der Waals surface area contributed by atoms with Gasteiger partial charge in [-0.2, -0.15) is 0 Å². The van der Waals surface area contributed by atoms with Crippen molar-refractivity contribution in [3.8, 4) is 5.75 Å². The number of aryl methyl sites for hydroxylation is 1. The average molecular weight is 291 g/mol. The van der Waals surface area contributed by atoms with E-state index in [9.17, 15) is 4.79 Å². The molecule has 20 heavy (non-hydrogen) atoms. The number of aldehydes is 1. The van der Waals surface area contributed by atoms with Crippen molar-refractivity contribution >= 4 is 29.0 Å². The first-order chi connectivity index (χ1) is 9.37. The van der Waals surface area contributed by atoms with Crippen LogP contribution in [-0.2, 0) is 18.3 Å². The van der Waals surface area contributed by atoms with E-state index in [4.69, 9.17) is 4.74 Å². The lowest BCUT2D eigenvalue weighted by atomic mass is 10.2. The predicted octanol–water partition coefficient (Wildman–Crippen LogP) is 3.82. The van der Waals surface area contributed by atoms with Crippen LogP contribution in [0.15, 0.2) is 23.1 Å². The predicted molar refractivity (Wildman–Crippen MR) is 84.8 cm³/mol. The Hall–Kier alpha value is -1.42. The summed E-state index contributed by atoms with van der Waals surface area (Å²) in [5.74, 6) is 0.844. The second kappa shape index (κ2) is 5.52. The molecule has 3 nitrogen and oxygen atoms in total. The monoisotopic (exact) mass is 291 g/mol. The van der Waals surface area contributed by atoms with Crippen molar-refractivity contribution in [2.75, 3.05) is 7.11 Å². The minimum absolute atomic E-state index is 0.0923. The highest BCUT2D eigenvalue weighted by Gasteiger charge is 2.21. The van der Waals surface area contributed by atoms with Crippen molar-refractivity contribution in [2.24, 2.45) is 7.05 Å². The molecule has 0 aliphatic rings. The lowest BCUT2D eigenvalue weighted by molar-refractivity contribution is -0.107. The van der Waals surface area contributed by atoms with Crippen LogP contribution in [0, 0.1) is 0 Å². The van der Waals surface area contributed by atoms with E-state index in [0.29, 0.717) is 6.42 Å². The van der Waals surface area contributed by atoms with Gasteiger partial charge in [-0.15, -0.1) is 11.8 Å². The quantitative estimate of drug-likeness (QED) is 0.634. The van der Waals surface area contributed by atoms with Gasteiger partial charge in [0.05, 0.1) is 7.11 Å². The van der Waals surface area contributed by atoms with Gasteiger partial charge in [0.1, 0.15) is 12.0 Å². The molecule has 0 N–H and O–H groups in total. The van der Waals surface area contributed by atoms with Crippen molar-refractivity contribution < 1.29 is 9.53 Å². The van der Waals surface area contributed by atoms with Gasteiger partial charge in [0.2, 0.25) is 0 Å². The van der Waals surface area contributed by atoms with Crippen LogP contribution in [0.2, 0.25) is 0 Å². The first kappa shape index (κ1) is 15.0. The largest absolute Gasteiger partial charge is 0.497 e.